The molecule has 0 radical (unpaired) electrons. The summed E-state index contributed by atoms with van der Waals surface area (Å²) < 4.78 is 0. The van der Waals surface area contributed by atoms with Crippen molar-refractivity contribution >= 4 is 62.4 Å². The number of thiazole rings is 1. The van der Waals surface area contributed by atoms with Gasteiger partial charge < -0.3 is 21.7 Å². The molecule has 0 atom stereocenters. The number of pyridine rings is 1. The number of aromatic nitrogens is 2. The van der Waals surface area contributed by atoms with Gasteiger partial charge >= 0.3 is 0 Å². The number of hydrogen-bond acceptors (Lipinski definition) is 8. The highest BCUT2D eigenvalue weighted by Gasteiger charge is 2.15. The Hall–Kier alpha value is -4.54. The van der Waals surface area contributed by atoms with Crippen LogP contribution in [0.1, 0.15) is 19.3 Å². The summed E-state index contributed by atoms with van der Waals surface area (Å²) >= 11 is 2.59. The van der Waals surface area contributed by atoms with Crippen molar-refractivity contribution in [2.75, 3.05) is 21.7 Å². The Morgan fingerprint density at radius 1 is 0.833 bits per heavy atom. The first-order valence-electron chi connectivity index (χ1n) is 10.9. The van der Waals surface area contributed by atoms with Gasteiger partial charge in [-0.25, -0.2) is 4.98 Å². The second-order valence-electron chi connectivity index (χ2n) is 7.64. The number of nitrogens with zero attached hydrogens (tertiary/aromatic N) is 2. The normalized spacial score (nSPS) is 10.6. The number of carbonyl (C=O) groups excluding carboxylic acids is 2. The van der Waals surface area contributed by atoms with E-state index in [4.69, 9.17) is 5.73 Å². The van der Waals surface area contributed by atoms with Crippen LogP contribution >= 0.6 is 22.7 Å². The number of anilines is 5. The van der Waals surface area contributed by atoms with Crippen LogP contribution in [0.3, 0.4) is 0 Å². The maximum atomic E-state index is 12.8. The minimum Gasteiger partial charge on any atom is -0.397 e. The van der Waals surface area contributed by atoms with Gasteiger partial charge in [0.1, 0.15) is 0 Å². The molecule has 3 heterocycles. The molecule has 5 rings (SSSR count). The Labute approximate surface area is 214 Å². The van der Waals surface area contributed by atoms with Gasteiger partial charge in [-0.3, -0.25) is 14.6 Å². The van der Waals surface area contributed by atoms with E-state index in [1.54, 1.807) is 54.9 Å². The fourth-order valence-electron chi connectivity index (χ4n) is 3.35. The summed E-state index contributed by atoms with van der Waals surface area (Å²) in [7, 11) is 0. The van der Waals surface area contributed by atoms with E-state index in [0.29, 0.717) is 26.8 Å². The van der Waals surface area contributed by atoms with E-state index < -0.39 is 0 Å². The van der Waals surface area contributed by atoms with Crippen LogP contribution in [0.4, 0.5) is 27.9 Å². The van der Waals surface area contributed by atoms with Crippen LogP contribution in [0.15, 0.2) is 90.6 Å². The quantitative estimate of drug-likeness (QED) is 0.196. The average molecular weight is 513 g/mol. The van der Waals surface area contributed by atoms with Crippen molar-refractivity contribution in [1.82, 2.24) is 9.97 Å². The first kappa shape index (κ1) is 23.2. The van der Waals surface area contributed by atoms with E-state index in [1.165, 1.54) is 11.3 Å². The second-order valence-corrected chi connectivity index (χ2v) is 9.59. The van der Waals surface area contributed by atoms with Gasteiger partial charge in [0.2, 0.25) is 0 Å². The molecule has 0 unspecified atom stereocenters. The molecule has 3 aromatic heterocycles. The van der Waals surface area contributed by atoms with E-state index in [1.807, 2.05) is 35.7 Å². The minimum atomic E-state index is -0.322. The van der Waals surface area contributed by atoms with Crippen LogP contribution in [-0.2, 0) is 0 Å². The number of thiophene rings is 1. The average Bonchev–Trinajstić information content (AvgIpc) is 3.57. The van der Waals surface area contributed by atoms with Crippen LogP contribution < -0.4 is 21.7 Å². The lowest BCUT2D eigenvalue weighted by molar-refractivity contribution is 0.102. The number of rotatable bonds is 7. The van der Waals surface area contributed by atoms with Crippen LogP contribution in [0, 0.1) is 0 Å². The van der Waals surface area contributed by atoms with E-state index in [9.17, 15) is 9.59 Å². The van der Waals surface area contributed by atoms with E-state index in [-0.39, 0.29) is 11.8 Å². The molecule has 2 amide bonds. The SMILES string of the molecule is Nc1ccccc1NC(=O)c1ccc(C(=O)Nc2cccc(Nc3nc(-c4cccnc4)cs3)c2)s1. The summed E-state index contributed by atoms with van der Waals surface area (Å²) in [6.07, 6.45) is 3.49. The van der Waals surface area contributed by atoms with Gasteiger partial charge in [0.15, 0.2) is 5.13 Å². The predicted molar refractivity (Wildman–Crippen MR) is 146 cm³/mol. The topological polar surface area (TPSA) is 122 Å². The molecule has 36 heavy (non-hydrogen) atoms. The second kappa shape index (κ2) is 10.4. The number of nitrogens with two attached hydrogens (primary N) is 1. The van der Waals surface area contributed by atoms with Crippen LogP contribution in [0.25, 0.3) is 11.3 Å². The highest BCUT2D eigenvalue weighted by molar-refractivity contribution is 7.16. The number of nitrogens with one attached hydrogen (secondary N) is 3. The Morgan fingerprint density at radius 2 is 1.61 bits per heavy atom. The molecule has 0 saturated heterocycles. The van der Waals surface area contributed by atoms with Gasteiger partial charge in [0.05, 0.1) is 26.8 Å². The maximum absolute atomic E-state index is 12.8. The highest BCUT2D eigenvalue weighted by Crippen LogP contribution is 2.28. The molecule has 0 aliphatic rings. The van der Waals surface area contributed by atoms with E-state index in [0.717, 1.165) is 33.4 Å². The molecule has 178 valence electrons. The molecular formula is C26H20N6O2S2. The van der Waals surface area contributed by atoms with Crippen molar-refractivity contribution < 1.29 is 9.59 Å². The Kier molecular flexibility index (Phi) is 6.69. The lowest BCUT2D eigenvalue weighted by Gasteiger charge is -2.07. The van der Waals surface area contributed by atoms with Gasteiger partial charge in [0.25, 0.3) is 11.8 Å². The van der Waals surface area contributed by atoms with E-state index in [2.05, 4.69) is 25.9 Å². The van der Waals surface area contributed by atoms with E-state index >= 15 is 0 Å². The number of benzene rings is 2. The standard InChI is InChI=1S/C26H20N6O2S2/c27-19-8-1-2-9-20(19)31-25(34)23-11-10-22(36-23)24(33)29-17-6-3-7-18(13-17)30-26-32-21(15-35-26)16-5-4-12-28-14-16/h1-15H,27H2,(H,29,33)(H,30,32)(H,31,34). The van der Waals surface area contributed by atoms with Crippen molar-refractivity contribution in [1.29, 1.82) is 0 Å². The summed E-state index contributed by atoms with van der Waals surface area (Å²) in [5.41, 5.74) is 10.1. The Balaban J connectivity index is 1.23. The lowest BCUT2D eigenvalue weighted by Crippen LogP contribution is -2.12. The minimum absolute atomic E-state index is 0.302. The van der Waals surface area contributed by atoms with Crippen molar-refractivity contribution in [2.45, 2.75) is 0 Å². The summed E-state index contributed by atoms with van der Waals surface area (Å²) in [5, 5.41) is 11.6. The fraction of sp³-hybridized carbons (Fsp3) is 0. The number of para-hydroxylation sites is 2. The maximum Gasteiger partial charge on any atom is 0.265 e. The van der Waals surface area contributed by atoms with Gasteiger partial charge in [-0.2, -0.15) is 0 Å². The Bertz CT molecular complexity index is 1530. The third-order valence-corrected chi connectivity index (χ3v) is 6.94. The molecule has 2 aromatic carbocycles. The van der Waals surface area contributed by atoms with Crippen LogP contribution in [0.5, 0.6) is 0 Å². The predicted octanol–water partition coefficient (Wildman–Crippen LogP) is 6.10. The molecular weight excluding hydrogens is 492 g/mol. The molecule has 5 aromatic rings. The monoisotopic (exact) mass is 512 g/mol. The van der Waals surface area contributed by atoms with Crippen molar-refractivity contribution in [2.24, 2.45) is 0 Å². The molecule has 5 N–H and O–H groups in total. The summed E-state index contributed by atoms with van der Waals surface area (Å²) in [6, 6.07) is 21.4. The third-order valence-electron chi connectivity index (χ3n) is 5.10. The van der Waals surface area contributed by atoms with Gasteiger partial charge in [-0.05, 0) is 54.6 Å². The summed E-state index contributed by atoms with van der Waals surface area (Å²) in [6.45, 7) is 0. The molecule has 0 bridgehead atoms. The fourth-order valence-corrected chi connectivity index (χ4v) is 4.88. The van der Waals surface area contributed by atoms with Gasteiger partial charge in [0, 0.05) is 34.7 Å². The molecule has 0 aliphatic carbocycles. The molecule has 0 fully saturated rings. The first-order chi connectivity index (χ1) is 17.5. The van der Waals surface area contributed by atoms with Crippen molar-refractivity contribution in [3.05, 3.63) is 100 Å². The number of amides is 2. The molecule has 10 heteroatoms. The largest absolute Gasteiger partial charge is 0.397 e. The number of carbonyl (C=O) groups is 2. The van der Waals surface area contributed by atoms with Crippen molar-refractivity contribution in [3.8, 4) is 11.3 Å². The highest BCUT2D eigenvalue weighted by atomic mass is 32.1. The summed E-state index contributed by atoms with van der Waals surface area (Å²) in [4.78, 5) is 34.9. The number of nitrogen functional groups attached to an aromatic ring is 1. The van der Waals surface area contributed by atoms with Crippen molar-refractivity contribution in [3.63, 3.8) is 0 Å². The lowest BCUT2D eigenvalue weighted by atomic mass is 10.2. The Morgan fingerprint density at radius 3 is 2.39 bits per heavy atom. The molecule has 0 saturated carbocycles. The zero-order valence-corrected chi connectivity index (χ0v) is 20.4. The van der Waals surface area contributed by atoms with Gasteiger partial charge in [-0.15, -0.1) is 22.7 Å². The molecule has 8 nitrogen and oxygen atoms in total. The zero-order chi connectivity index (χ0) is 24.9. The van der Waals surface area contributed by atoms with Crippen LogP contribution in [0.2, 0.25) is 0 Å². The third kappa shape index (κ3) is 5.40. The summed E-state index contributed by atoms with van der Waals surface area (Å²) in [5.74, 6) is -0.624. The zero-order valence-electron chi connectivity index (χ0n) is 18.8. The molecule has 0 aliphatic heterocycles. The van der Waals surface area contributed by atoms with Crippen LogP contribution in [-0.4, -0.2) is 21.8 Å². The number of hydrogen-bond donors (Lipinski definition) is 4. The van der Waals surface area contributed by atoms with Gasteiger partial charge in [-0.1, -0.05) is 18.2 Å². The first-order valence-corrected chi connectivity index (χ1v) is 12.5. The molecule has 0 spiro atoms. The smallest absolute Gasteiger partial charge is 0.265 e.